The van der Waals surface area contributed by atoms with Crippen LogP contribution < -0.4 is 10.6 Å². The summed E-state index contributed by atoms with van der Waals surface area (Å²) in [5.74, 6) is -0.594. The van der Waals surface area contributed by atoms with Crippen LogP contribution in [0.5, 0.6) is 0 Å². The van der Waals surface area contributed by atoms with E-state index in [1.54, 1.807) is 6.07 Å². The Bertz CT molecular complexity index is 722. The van der Waals surface area contributed by atoms with Gasteiger partial charge in [0.05, 0.1) is 6.42 Å². The Morgan fingerprint density at radius 2 is 1.91 bits per heavy atom. The molecule has 2 aromatic rings. The predicted molar refractivity (Wildman–Crippen MR) is 87.6 cm³/mol. The van der Waals surface area contributed by atoms with Gasteiger partial charge in [0.2, 0.25) is 11.8 Å². The topological polar surface area (TPSA) is 74.0 Å². The molecule has 23 heavy (non-hydrogen) atoms. The number of amides is 2. The summed E-state index contributed by atoms with van der Waals surface area (Å²) < 4.78 is 13.4. The second-order valence-corrected chi connectivity index (χ2v) is 5.89. The number of aromatic amines is 1. The molecule has 6 heteroatoms. The molecule has 2 amide bonds. The van der Waals surface area contributed by atoms with Crippen LogP contribution in [-0.4, -0.2) is 29.9 Å². The minimum absolute atomic E-state index is 0.0396. The van der Waals surface area contributed by atoms with E-state index in [4.69, 9.17) is 0 Å². The number of carbonyl (C=O) groups excluding carboxylic acids is 2. The lowest BCUT2D eigenvalue weighted by atomic mass is 10.1. The third-order valence-corrected chi connectivity index (χ3v) is 3.69. The molecule has 0 spiro atoms. The largest absolute Gasteiger partial charge is 0.358 e. The van der Waals surface area contributed by atoms with Crippen molar-refractivity contribution in [3.8, 4) is 0 Å². The first kappa shape index (κ1) is 17.0. The first-order valence-electron chi connectivity index (χ1n) is 7.69. The summed E-state index contributed by atoms with van der Waals surface area (Å²) in [6.45, 7) is 6.25. The molecule has 0 saturated carbocycles. The van der Waals surface area contributed by atoms with Gasteiger partial charge in [-0.25, -0.2) is 4.39 Å². The Labute approximate surface area is 134 Å². The van der Waals surface area contributed by atoms with Gasteiger partial charge in [0.25, 0.3) is 0 Å². The van der Waals surface area contributed by atoms with E-state index in [-0.39, 0.29) is 30.0 Å². The number of benzene rings is 1. The minimum atomic E-state index is -0.324. The first-order chi connectivity index (χ1) is 10.9. The Balaban J connectivity index is 1.92. The summed E-state index contributed by atoms with van der Waals surface area (Å²) in [4.78, 5) is 26.6. The van der Waals surface area contributed by atoms with Crippen LogP contribution in [0, 0.1) is 18.7 Å². The van der Waals surface area contributed by atoms with Crippen molar-refractivity contribution >= 4 is 22.7 Å². The normalized spacial score (nSPS) is 11.0. The molecular formula is C17H22FN3O2. The second-order valence-electron chi connectivity index (χ2n) is 5.89. The smallest absolute Gasteiger partial charge is 0.224 e. The standard InChI is InChI=1S/C17H22FN3O2/c1-10(2)17(23)20-7-6-19-16(22)9-13-11(3)21-15-5-4-12(18)8-14(13)15/h4-5,8,10,21H,6-7,9H2,1-3H3,(H,19,22)(H,20,23). The number of carbonyl (C=O) groups is 2. The second kappa shape index (κ2) is 7.26. The summed E-state index contributed by atoms with van der Waals surface area (Å²) in [5.41, 5.74) is 2.47. The van der Waals surface area contributed by atoms with E-state index < -0.39 is 0 Å². The summed E-state index contributed by atoms with van der Waals surface area (Å²) in [6.07, 6.45) is 0.174. The highest BCUT2D eigenvalue weighted by atomic mass is 19.1. The molecule has 0 aliphatic carbocycles. The predicted octanol–water partition coefficient (Wildman–Crippen LogP) is 2.05. The fourth-order valence-corrected chi connectivity index (χ4v) is 2.40. The van der Waals surface area contributed by atoms with Gasteiger partial charge in [-0.05, 0) is 30.7 Å². The lowest BCUT2D eigenvalue weighted by Crippen LogP contribution is -2.36. The number of hydrogen-bond acceptors (Lipinski definition) is 2. The SMILES string of the molecule is Cc1[nH]c2ccc(F)cc2c1CC(=O)NCCNC(=O)C(C)C. The zero-order chi connectivity index (χ0) is 17.0. The van der Waals surface area contributed by atoms with Crippen LogP contribution in [-0.2, 0) is 16.0 Å². The summed E-state index contributed by atoms with van der Waals surface area (Å²) in [6, 6.07) is 4.49. The zero-order valence-electron chi connectivity index (χ0n) is 13.6. The number of aromatic nitrogens is 1. The van der Waals surface area contributed by atoms with Gasteiger partial charge in [-0.1, -0.05) is 13.8 Å². The van der Waals surface area contributed by atoms with E-state index in [9.17, 15) is 14.0 Å². The summed E-state index contributed by atoms with van der Waals surface area (Å²) >= 11 is 0. The number of aryl methyl sites for hydroxylation is 1. The van der Waals surface area contributed by atoms with Crippen molar-refractivity contribution < 1.29 is 14.0 Å². The average molecular weight is 319 g/mol. The monoisotopic (exact) mass is 319 g/mol. The van der Waals surface area contributed by atoms with Crippen molar-refractivity contribution in [1.29, 1.82) is 0 Å². The van der Waals surface area contributed by atoms with Crippen LogP contribution in [0.15, 0.2) is 18.2 Å². The third-order valence-electron chi connectivity index (χ3n) is 3.69. The van der Waals surface area contributed by atoms with Crippen LogP contribution in [0.2, 0.25) is 0 Å². The molecule has 124 valence electrons. The molecule has 2 rings (SSSR count). The quantitative estimate of drug-likeness (QED) is 0.713. The van der Waals surface area contributed by atoms with Gasteiger partial charge in [-0.3, -0.25) is 9.59 Å². The van der Waals surface area contributed by atoms with Crippen LogP contribution >= 0.6 is 0 Å². The van der Waals surface area contributed by atoms with Gasteiger partial charge < -0.3 is 15.6 Å². The third kappa shape index (κ3) is 4.31. The molecule has 0 fully saturated rings. The van der Waals surface area contributed by atoms with E-state index >= 15 is 0 Å². The van der Waals surface area contributed by atoms with Crippen molar-refractivity contribution in [2.45, 2.75) is 27.2 Å². The fraction of sp³-hybridized carbons (Fsp3) is 0.412. The van der Waals surface area contributed by atoms with E-state index in [1.165, 1.54) is 12.1 Å². The number of nitrogens with one attached hydrogen (secondary N) is 3. The van der Waals surface area contributed by atoms with Crippen LogP contribution in [0.3, 0.4) is 0 Å². The van der Waals surface area contributed by atoms with Gasteiger partial charge >= 0.3 is 0 Å². The average Bonchev–Trinajstić information content (AvgIpc) is 2.79. The Kier molecular flexibility index (Phi) is 5.36. The molecule has 0 atom stereocenters. The molecule has 0 radical (unpaired) electrons. The molecule has 1 aromatic carbocycles. The molecule has 0 aliphatic rings. The number of halogens is 1. The summed E-state index contributed by atoms with van der Waals surface area (Å²) in [5, 5.41) is 6.22. The van der Waals surface area contributed by atoms with Crippen molar-refractivity contribution in [2.24, 2.45) is 5.92 Å². The lowest BCUT2D eigenvalue weighted by molar-refractivity contribution is -0.124. The highest BCUT2D eigenvalue weighted by Crippen LogP contribution is 2.23. The summed E-state index contributed by atoms with van der Waals surface area (Å²) in [7, 11) is 0. The Hall–Kier alpha value is -2.37. The highest BCUT2D eigenvalue weighted by molar-refractivity contribution is 5.90. The van der Waals surface area contributed by atoms with Crippen molar-refractivity contribution in [3.63, 3.8) is 0 Å². The van der Waals surface area contributed by atoms with Crippen molar-refractivity contribution in [3.05, 3.63) is 35.3 Å². The van der Waals surface area contributed by atoms with Gasteiger partial charge in [0, 0.05) is 35.6 Å². The molecule has 1 aromatic heterocycles. The molecule has 0 bridgehead atoms. The maximum Gasteiger partial charge on any atom is 0.224 e. The van der Waals surface area contributed by atoms with Crippen LogP contribution in [0.1, 0.15) is 25.1 Å². The molecule has 3 N–H and O–H groups in total. The number of H-pyrrole nitrogens is 1. The van der Waals surface area contributed by atoms with E-state index in [1.807, 2.05) is 20.8 Å². The molecule has 1 heterocycles. The Morgan fingerprint density at radius 3 is 2.61 bits per heavy atom. The molecular weight excluding hydrogens is 297 g/mol. The molecule has 0 unspecified atom stereocenters. The Morgan fingerprint density at radius 1 is 1.22 bits per heavy atom. The minimum Gasteiger partial charge on any atom is -0.358 e. The number of fused-ring (bicyclic) bond motifs is 1. The lowest BCUT2D eigenvalue weighted by Gasteiger charge is -2.09. The first-order valence-corrected chi connectivity index (χ1v) is 7.69. The van der Waals surface area contributed by atoms with Gasteiger partial charge in [-0.15, -0.1) is 0 Å². The van der Waals surface area contributed by atoms with E-state index in [0.29, 0.717) is 13.1 Å². The van der Waals surface area contributed by atoms with Crippen molar-refractivity contribution in [2.75, 3.05) is 13.1 Å². The van der Waals surface area contributed by atoms with Crippen LogP contribution in [0.4, 0.5) is 4.39 Å². The molecule has 0 saturated heterocycles. The number of hydrogen-bond donors (Lipinski definition) is 3. The van der Waals surface area contributed by atoms with E-state index in [2.05, 4.69) is 15.6 Å². The van der Waals surface area contributed by atoms with Gasteiger partial charge in [0.15, 0.2) is 0 Å². The number of rotatable bonds is 6. The maximum absolute atomic E-state index is 13.4. The fourth-order valence-electron chi connectivity index (χ4n) is 2.40. The van der Waals surface area contributed by atoms with Crippen LogP contribution in [0.25, 0.3) is 10.9 Å². The maximum atomic E-state index is 13.4. The van der Waals surface area contributed by atoms with Crippen molar-refractivity contribution in [1.82, 2.24) is 15.6 Å². The molecule has 5 nitrogen and oxygen atoms in total. The zero-order valence-corrected chi connectivity index (χ0v) is 13.6. The van der Waals surface area contributed by atoms with Gasteiger partial charge in [0.1, 0.15) is 5.82 Å². The van der Waals surface area contributed by atoms with Gasteiger partial charge in [-0.2, -0.15) is 0 Å². The van der Waals surface area contributed by atoms with E-state index in [0.717, 1.165) is 22.2 Å². The highest BCUT2D eigenvalue weighted by Gasteiger charge is 2.13. The molecule has 0 aliphatic heterocycles.